The first kappa shape index (κ1) is 30.1. The normalized spacial score (nSPS) is 11.5. The van der Waals surface area contributed by atoms with Crippen molar-refractivity contribution in [3.05, 3.63) is 206 Å². The van der Waals surface area contributed by atoms with Crippen molar-refractivity contribution >= 4 is 43.1 Å². The highest BCUT2D eigenvalue weighted by molar-refractivity contribution is 6.24. The first-order chi connectivity index (χ1) is 25.8. The second kappa shape index (κ2) is 12.5. The molecule has 0 nitrogen and oxygen atoms in total. The molecule has 0 fully saturated rings. The molecule has 0 saturated heterocycles. The topological polar surface area (TPSA) is 0 Å². The van der Waals surface area contributed by atoms with Gasteiger partial charge in [0.2, 0.25) is 0 Å². The van der Waals surface area contributed by atoms with E-state index in [1.165, 1.54) is 98.7 Å². The summed E-state index contributed by atoms with van der Waals surface area (Å²) in [5.41, 5.74) is 12.3. The summed E-state index contributed by atoms with van der Waals surface area (Å²) in [4.78, 5) is 0. The monoisotopic (exact) mass is 658 g/mol. The van der Waals surface area contributed by atoms with Crippen LogP contribution in [0.4, 0.5) is 0 Å². The van der Waals surface area contributed by atoms with Crippen molar-refractivity contribution in [3.63, 3.8) is 0 Å². The number of hydrogen-bond acceptors (Lipinski definition) is 0. The fraction of sp³-hybridized carbons (Fsp3) is 0. The first-order valence-corrected chi connectivity index (χ1v) is 18.0. The molecule has 0 unspecified atom stereocenters. The van der Waals surface area contributed by atoms with Crippen molar-refractivity contribution in [2.75, 3.05) is 0 Å². The Labute approximate surface area is 303 Å². The summed E-state index contributed by atoms with van der Waals surface area (Å²) in [6, 6.07) is 75.6. The van der Waals surface area contributed by atoms with Crippen LogP contribution >= 0.6 is 0 Å². The maximum absolute atomic E-state index is 2.42. The molecule has 0 aliphatic rings. The van der Waals surface area contributed by atoms with Gasteiger partial charge in [0.1, 0.15) is 0 Å². The number of hydrogen-bond donors (Lipinski definition) is 0. The highest BCUT2D eigenvalue weighted by Gasteiger charge is 2.20. The van der Waals surface area contributed by atoms with Gasteiger partial charge in [-0.2, -0.15) is 0 Å². The van der Waals surface area contributed by atoms with Crippen LogP contribution in [0.1, 0.15) is 0 Å². The molecule has 52 heavy (non-hydrogen) atoms. The maximum Gasteiger partial charge on any atom is -0.00199 e. The van der Waals surface area contributed by atoms with Crippen LogP contribution in [0.2, 0.25) is 0 Å². The molecule has 10 rings (SSSR count). The Balaban J connectivity index is 1.30. The van der Waals surface area contributed by atoms with Gasteiger partial charge in [-0.05, 0) is 111 Å². The zero-order chi connectivity index (χ0) is 34.4. The van der Waals surface area contributed by atoms with Crippen LogP contribution in [0.25, 0.3) is 98.7 Å². The fourth-order valence-electron chi connectivity index (χ4n) is 8.19. The second-order valence-electron chi connectivity index (χ2n) is 13.6. The molecule has 0 aliphatic heterocycles. The zero-order valence-electron chi connectivity index (χ0n) is 28.6. The number of rotatable bonds is 5. The summed E-state index contributed by atoms with van der Waals surface area (Å²) in [6.45, 7) is 0. The van der Waals surface area contributed by atoms with E-state index >= 15 is 0 Å². The Morgan fingerprint density at radius 1 is 0.192 bits per heavy atom. The van der Waals surface area contributed by atoms with Crippen LogP contribution in [0.5, 0.6) is 0 Å². The molecule has 0 saturated carbocycles. The summed E-state index contributed by atoms with van der Waals surface area (Å²) >= 11 is 0. The molecule has 0 aromatic heterocycles. The SMILES string of the molecule is c1ccc(-c2ccc3c(-c4cccc5ccccc45)c4cc(-c5ccccc5)ccc4c(-c4ccc(-c5cccc6ccccc56)cc4)c3c2)cc1. The predicted octanol–water partition coefficient (Wildman–Crippen LogP) is 14.6. The van der Waals surface area contributed by atoms with Crippen LogP contribution in [0.15, 0.2) is 206 Å². The lowest BCUT2D eigenvalue weighted by atomic mass is 9.82. The molecular weight excluding hydrogens is 625 g/mol. The molecular formula is C52H34. The van der Waals surface area contributed by atoms with Gasteiger partial charge in [-0.3, -0.25) is 0 Å². The molecule has 10 aromatic rings. The van der Waals surface area contributed by atoms with E-state index in [9.17, 15) is 0 Å². The Kier molecular flexibility index (Phi) is 7.25. The van der Waals surface area contributed by atoms with Crippen molar-refractivity contribution in [1.29, 1.82) is 0 Å². The van der Waals surface area contributed by atoms with E-state index in [-0.39, 0.29) is 0 Å². The fourth-order valence-corrected chi connectivity index (χ4v) is 8.19. The summed E-state index contributed by atoms with van der Waals surface area (Å²) < 4.78 is 0. The van der Waals surface area contributed by atoms with Crippen LogP contribution in [-0.2, 0) is 0 Å². The van der Waals surface area contributed by atoms with Crippen LogP contribution in [0.3, 0.4) is 0 Å². The quantitative estimate of drug-likeness (QED) is 0.161. The third kappa shape index (κ3) is 5.08. The summed E-state index contributed by atoms with van der Waals surface area (Å²) in [7, 11) is 0. The van der Waals surface area contributed by atoms with Gasteiger partial charge in [-0.1, -0.05) is 194 Å². The lowest BCUT2D eigenvalue weighted by Crippen LogP contribution is -1.93. The Hall–Kier alpha value is -6.76. The van der Waals surface area contributed by atoms with Gasteiger partial charge in [0, 0.05) is 0 Å². The molecule has 0 heteroatoms. The molecule has 0 atom stereocenters. The first-order valence-electron chi connectivity index (χ1n) is 18.0. The van der Waals surface area contributed by atoms with Crippen molar-refractivity contribution in [2.24, 2.45) is 0 Å². The van der Waals surface area contributed by atoms with Gasteiger partial charge < -0.3 is 0 Å². The third-order valence-electron chi connectivity index (χ3n) is 10.7. The average molecular weight is 659 g/mol. The van der Waals surface area contributed by atoms with Gasteiger partial charge >= 0.3 is 0 Å². The Bertz CT molecular complexity index is 2910. The van der Waals surface area contributed by atoms with E-state index in [1.807, 2.05) is 0 Å². The minimum Gasteiger partial charge on any atom is -0.0622 e. The molecule has 242 valence electrons. The minimum atomic E-state index is 1.21. The van der Waals surface area contributed by atoms with Gasteiger partial charge in [0.25, 0.3) is 0 Å². The van der Waals surface area contributed by atoms with E-state index in [0.29, 0.717) is 0 Å². The predicted molar refractivity (Wildman–Crippen MR) is 224 cm³/mol. The number of fused-ring (bicyclic) bond motifs is 4. The lowest BCUT2D eigenvalue weighted by Gasteiger charge is -2.21. The van der Waals surface area contributed by atoms with Crippen molar-refractivity contribution in [1.82, 2.24) is 0 Å². The Morgan fingerprint density at radius 3 is 1.21 bits per heavy atom. The maximum atomic E-state index is 2.42. The van der Waals surface area contributed by atoms with E-state index in [0.717, 1.165) is 0 Å². The van der Waals surface area contributed by atoms with Crippen LogP contribution in [-0.4, -0.2) is 0 Å². The van der Waals surface area contributed by atoms with Crippen LogP contribution in [0, 0.1) is 0 Å². The summed E-state index contributed by atoms with van der Waals surface area (Å²) in [5, 5.41) is 10.0. The molecule has 10 aromatic carbocycles. The highest BCUT2D eigenvalue weighted by Crippen LogP contribution is 2.47. The zero-order valence-corrected chi connectivity index (χ0v) is 28.6. The van der Waals surface area contributed by atoms with Gasteiger partial charge in [0.05, 0.1) is 0 Å². The molecule has 0 aliphatic carbocycles. The lowest BCUT2D eigenvalue weighted by molar-refractivity contribution is 1.62. The molecule has 0 radical (unpaired) electrons. The molecule has 0 amide bonds. The molecule has 0 heterocycles. The van der Waals surface area contributed by atoms with Crippen molar-refractivity contribution in [2.45, 2.75) is 0 Å². The highest BCUT2D eigenvalue weighted by atomic mass is 14.2. The summed E-state index contributed by atoms with van der Waals surface area (Å²) in [6.07, 6.45) is 0. The number of benzene rings is 10. The largest absolute Gasteiger partial charge is 0.0622 e. The second-order valence-corrected chi connectivity index (χ2v) is 13.6. The van der Waals surface area contributed by atoms with Gasteiger partial charge in [-0.15, -0.1) is 0 Å². The molecule has 0 N–H and O–H groups in total. The Morgan fingerprint density at radius 2 is 0.615 bits per heavy atom. The smallest absolute Gasteiger partial charge is 0.00199 e. The minimum absolute atomic E-state index is 1.21. The average Bonchev–Trinajstić information content (AvgIpc) is 3.23. The van der Waals surface area contributed by atoms with E-state index in [1.54, 1.807) is 0 Å². The van der Waals surface area contributed by atoms with E-state index in [2.05, 4.69) is 206 Å². The van der Waals surface area contributed by atoms with Crippen molar-refractivity contribution < 1.29 is 0 Å². The van der Waals surface area contributed by atoms with Crippen LogP contribution < -0.4 is 0 Å². The third-order valence-corrected chi connectivity index (χ3v) is 10.7. The van der Waals surface area contributed by atoms with Crippen molar-refractivity contribution in [3.8, 4) is 55.6 Å². The molecule has 0 bridgehead atoms. The van der Waals surface area contributed by atoms with E-state index < -0.39 is 0 Å². The molecule has 0 spiro atoms. The van der Waals surface area contributed by atoms with Gasteiger partial charge in [-0.25, -0.2) is 0 Å². The standard InChI is InChI=1S/C52H34/c1-3-13-35(14-4-1)41-30-32-48-49(33-41)51(40-27-25-39(26-28-40)44-23-11-19-37-17-7-9-21-43(37)44)47-31-29-42(36-15-5-2-6-16-36)34-50(47)52(48)46-24-12-20-38-18-8-10-22-45(38)46/h1-34H. The summed E-state index contributed by atoms with van der Waals surface area (Å²) in [5.74, 6) is 0. The van der Waals surface area contributed by atoms with E-state index in [4.69, 9.17) is 0 Å². The van der Waals surface area contributed by atoms with Gasteiger partial charge in [0.15, 0.2) is 0 Å².